The molecule has 1 aliphatic heterocycles. The quantitative estimate of drug-likeness (QED) is 0.633. The summed E-state index contributed by atoms with van der Waals surface area (Å²) in [4.78, 5) is 23.0. The molecule has 0 aliphatic carbocycles. The van der Waals surface area contributed by atoms with Crippen LogP contribution in [0.1, 0.15) is 31.4 Å². The molecule has 1 fully saturated rings. The molecule has 0 spiro atoms. The Balaban J connectivity index is 2.10. The summed E-state index contributed by atoms with van der Waals surface area (Å²) in [5.74, 6) is -0.114. The third-order valence-corrected chi connectivity index (χ3v) is 4.25. The van der Waals surface area contributed by atoms with Crippen molar-refractivity contribution >= 4 is 11.6 Å². The Bertz CT molecular complexity index is 555. The van der Waals surface area contributed by atoms with Gasteiger partial charge in [0.25, 0.3) is 5.69 Å². The van der Waals surface area contributed by atoms with E-state index in [0.717, 1.165) is 0 Å². The molecule has 1 heterocycles. The molecule has 1 unspecified atom stereocenters. The normalized spacial score (nSPS) is 18.5. The van der Waals surface area contributed by atoms with Crippen molar-refractivity contribution in [1.82, 2.24) is 5.32 Å². The van der Waals surface area contributed by atoms with Crippen LogP contribution in [0.25, 0.3) is 0 Å². The summed E-state index contributed by atoms with van der Waals surface area (Å²) in [5, 5.41) is 13.8. The Labute approximate surface area is 129 Å². The first-order valence-electron chi connectivity index (χ1n) is 7.32. The van der Waals surface area contributed by atoms with Crippen LogP contribution in [0.5, 0.6) is 0 Å². The van der Waals surface area contributed by atoms with Crippen molar-refractivity contribution < 1.29 is 14.5 Å². The van der Waals surface area contributed by atoms with Crippen LogP contribution in [-0.2, 0) is 9.53 Å². The number of rotatable bonds is 5. The van der Waals surface area contributed by atoms with E-state index in [-0.39, 0.29) is 24.2 Å². The zero-order valence-electron chi connectivity index (χ0n) is 12.6. The lowest BCUT2D eigenvalue weighted by Crippen LogP contribution is -2.49. The second kappa shape index (κ2) is 6.85. The Morgan fingerprint density at radius 1 is 1.50 bits per heavy atom. The van der Waals surface area contributed by atoms with Crippen molar-refractivity contribution in [3.63, 3.8) is 0 Å². The number of nitrogens with two attached hydrogens (primary N) is 1. The maximum atomic E-state index is 12.6. The van der Waals surface area contributed by atoms with E-state index in [2.05, 4.69) is 5.32 Å². The Morgan fingerprint density at radius 2 is 2.18 bits per heavy atom. The Kier molecular flexibility index (Phi) is 5.10. The van der Waals surface area contributed by atoms with Crippen molar-refractivity contribution in [3.05, 3.63) is 39.9 Å². The van der Waals surface area contributed by atoms with Gasteiger partial charge < -0.3 is 15.8 Å². The first-order chi connectivity index (χ1) is 10.5. The van der Waals surface area contributed by atoms with Gasteiger partial charge >= 0.3 is 0 Å². The zero-order chi connectivity index (χ0) is 16.2. The maximum Gasteiger partial charge on any atom is 0.269 e. The van der Waals surface area contributed by atoms with Crippen molar-refractivity contribution in [2.45, 2.75) is 25.8 Å². The van der Waals surface area contributed by atoms with Crippen LogP contribution in [0.4, 0.5) is 5.69 Å². The Morgan fingerprint density at radius 3 is 2.77 bits per heavy atom. The van der Waals surface area contributed by atoms with Crippen LogP contribution < -0.4 is 11.1 Å². The summed E-state index contributed by atoms with van der Waals surface area (Å²) >= 11 is 0. The van der Waals surface area contributed by atoms with E-state index in [9.17, 15) is 14.9 Å². The van der Waals surface area contributed by atoms with Gasteiger partial charge in [-0.05, 0) is 25.3 Å². The highest BCUT2D eigenvalue weighted by Gasteiger charge is 2.39. The van der Waals surface area contributed by atoms with Gasteiger partial charge in [0.2, 0.25) is 5.91 Å². The van der Waals surface area contributed by atoms with E-state index in [1.807, 2.05) is 0 Å². The number of nitro groups is 1. The van der Waals surface area contributed by atoms with Gasteiger partial charge in [-0.1, -0.05) is 12.1 Å². The smallest absolute Gasteiger partial charge is 0.269 e. The summed E-state index contributed by atoms with van der Waals surface area (Å²) in [6.45, 7) is 3.12. The summed E-state index contributed by atoms with van der Waals surface area (Å²) < 4.78 is 5.30. The summed E-state index contributed by atoms with van der Waals surface area (Å²) in [7, 11) is 0. The minimum Gasteiger partial charge on any atom is -0.381 e. The van der Waals surface area contributed by atoms with E-state index in [1.165, 1.54) is 12.1 Å². The first kappa shape index (κ1) is 16.4. The molecule has 0 bridgehead atoms. The lowest BCUT2D eigenvalue weighted by atomic mass is 9.79. The van der Waals surface area contributed by atoms with Crippen molar-refractivity contribution in [3.8, 4) is 0 Å². The van der Waals surface area contributed by atoms with E-state index < -0.39 is 10.3 Å². The van der Waals surface area contributed by atoms with Gasteiger partial charge in [0.1, 0.15) is 0 Å². The molecule has 3 N–H and O–H groups in total. The molecule has 1 aliphatic rings. The van der Waals surface area contributed by atoms with Gasteiger partial charge in [-0.15, -0.1) is 0 Å². The monoisotopic (exact) mass is 307 g/mol. The molecular weight excluding hydrogens is 286 g/mol. The van der Waals surface area contributed by atoms with E-state index >= 15 is 0 Å². The second-order valence-corrected chi connectivity index (χ2v) is 5.64. The summed E-state index contributed by atoms with van der Waals surface area (Å²) in [6.07, 6.45) is 1.19. The number of carbonyl (C=O) groups excluding carboxylic acids is 1. The number of nitrogens with zero attached hydrogens (tertiary/aromatic N) is 1. The van der Waals surface area contributed by atoms with Crippen molar-refractivity contribution in [2.24, 2.45) is 11.1 Å². The number of carbonyl (C=O) groups is 1. The van der Waals surface area contributed by atoms with Crippen LogP contribution >= 0.6 is 0 Å². The lowest BCUT2D eigenvalue weighted by Gasteiger charge is -2.35. The highest BCUT2D eigenvalue weighted by Crippen LogP contribution is 2.30. The zero-order valence-corrected chi connectivity index (χ0v) is 12.6. The highest BCUT2D eigenvalue weighted by atomic mass is 16.6. The molecule has 0 aromatic heterocycles. The van der Waals surface area contributed by atoms with Crippen LogP contribution in [-0.4, -0.2) is 30.6 Å². The average molecular weight is 307 g/mol. The standard InChI is InChI=1S/C15H21N3O4/c1-11(12-3-2-4-13(9-12)18(20)21)17-14(19)15(10-16)5-7-22-8-6-15/h2-4,9,11H,5-8,10,16H2,1H3,(H,17,19). The van der Waals surface area contributed by atoms with Gasteiger partial charge in [-0.2, -0.15) is 0 Å². The molecule has 0 saturated carbocycles. The molecular formula is C15H21N3O4. The molecule has 1 aromatic rings. The van der Waals surface area contributed by atoms with E-state index in [1.54, 1.807) is 19.1 Å². The molecule has 0 radical (unpaired) electrons. The largest absolute Gasteiger partial charge is 0.381 e. The minimum absolute atomic E-state index is 0.0122. The van der Waals surface area contributed by atoms with Crippen molar-refractivity contribution in [1.29, 1.82) is 0 Å². The summed E-state index contributed by atoms with van der Waals surface area (Å²) in [5.41, 5.74) is 5.92. The minimum atomic E-state index is -0.604. The van der Waals surface area contributed by atoms with Gasteiger partial charge in [0.05, 0.1) is 16.4 Å². The molecule has 1 saturated heterocycles. The fraction of sp³-hybridized carbons (Fsp3) is 0.533. The van der Waals surface area contributed by atoms with Gasteiger partial charge in [-0.25, -0.2) is 0 Å². The predicted molar refractivity (Wildman–Crippen MR) is 81.2 cm³/mol. The lowest BCUT2D eigenvalue weighted by molar-refractivity contribution is -0.384. The number of ether oxygens (including phenoxy) is 1. The number of nitro benzene ring substituents is 1. The van der Waals surface area contributed by atoms with Gasteiger partial charge in [0, 0.05) is 31.9 Å². The highest BCUT2D eigenvalue weighted by molar-refractivity contribution is 5.83. The molecule has 2 rings (SSSR count). The van der Waals surface area contributed by atoms with Crippen LogP contribution in [0, 0.1) is 15.5 Å². The third-order valence-electron chi connectivity index (χ3n) is 4.25. The average Bonchev–Trinajstić information content (AvgIpc) is 2.55. The number of benzene rings is 1. The summed E-state index contributed by atoms with van der Waals surface area (Å²) in [6, 6.07) is 5.96. The Hall–Kier alpha value is -1.99. The molecule has 120 valence electrons. The number of hydrogen-bond acceptors (Lipinski definition) is 5. The van der Waals surface area contributed by atoms with Gasteiger partial charge in [-0.3, -0.25) is 14.9 Å². The fourth-order valence-electron chi connectivity index (χ4n) is 2.63. The predicted octanol–water partition coefficient (Wildman–Crippen LogP) is 1.53. The second-order valence-electron chi connectivity index (χ2n) is 5.64. The molecule has 7 nitrogen and oxygen atoms in total. The molecule has 1 aromatic carbocycles. The van der Waals surface area contributed by atoms with E-state index in [0.29, 0.717) is 31.6 Å². The number of hydrogen-bond donors (Lipinski definition) is 2. The molecule has 1 amide bonds. The number of nitrogens with one attached hydrogen (secondary N) is 1. The topological polar surface area (TPSA) is 107 Å². The van der Waals surface area contributed by atoms with Crippen LogP contribution in [0.2, 0.25) is 0 Å². The van der Waals surface area contributed by atoms with Gasteiger partial charge in [0.15, 0.2) is 0 Å². The molecule has 22 heavy (non-hydrogen) atoms. The number of amides is 1. The third kappa shape index (κ3) is 3.42. The number of non-ortho nitro benzene ring substituents is 1. The fourth-order valence-corrected chi connectivity index (χ4v) is 2.63. The van der Waals surface area contributed by atoms with Crippen LogP contribution in [0.3, 0.4) is 0 Å². The maximum absolute atomic E-state index is 12.6. The molecule has 1 atom stereocenters. The SMILES string of the molecule is CC(NC(=O)C1(CN)CCOCC1)c1cccc([N+](=O)[O-])c1. The molecule has 7 heteroatoms. The first-order valence-corrected chi connectivity index (χ1v) is 7.32. The van der Waals surface area contributed by atoms with Crippen molar-refractivity contribution in [2.75, 3.05) is 19.8 Å². The van der Waals surface area contributed by atoms with E-state index in [4.69, 9.17) is 10.5 Å². The van der Waals surface area contributed by atoms with Crippen LogP contribution in [0.15, 0.2) is 24.3 Å².